The van der Waals surface area contributed by atoms with E-state index >= 15 is 0 Å². The van der Waals surface area contributed by atoms with Gasteiger partial charge in [-0.05, 0) is 29.8 Å². The number of hydrogen-bond donors (Lipinski definition) is 3. The molecule has 0 aliphatic carbocycles. The van der Waals surface area contributed by atoms with E-state index in [1.807, 2.05) is 16.7 Å². The Balaban J connectivity index is 1.59. The zero-order valence-electron chi connectivity index (χ0n) is 16.5. The fourth-order valence-electron chi connectivity index (χ4n) is 3.96. The largest absolute Gasteiger partial charge is 0.366 e. The summed E-state index contributed by atoms with van der Waals surface area (Å²) in [6.45, 7) is 2.56. The minimum absolute atomic E-state index is 0.238. The maximum atomic E-state index is 13.2. The molecule has 1 aliphatic rings. The summed E-state index contributed by atoms with van der Waals surface area (Å²) in [6, 6.07) is 16.7. The molecule has 0 saturated heterocycles. The van der Waals surface area contributed by atoms with E-state index in [4.69, 9.17) is 15.7 Å². The first-order valence-corrected chi connectivity index (χ1v) is 10.1. The van der Waals surface area contributed by atoms with Gasteiger partial charge in [0.05, 0.1) is 11.2 Å². The summed E-state index contributed by atoms with van der Waals surface area (Å²) < 4.78 is 15.3. The molecule has 0 atom stereocenters. The third-order valence-electron chi connectivity index (χ3n) is 5.49. The lowest BCUT2D eigenvalue weighted by atomic mass is 10.1. The Morgan fingerprint density at radius 3 is 2.77 bits per heavy atom. The fraction of sp³-hybridized carbons (Fsp3) is 0.217. The minimum Gasteiger partial charge on any atom is -0.366 e. The molecule has 6 nitrogen and oxygen atoms in total. The molecule has 0 unspecified atom stereocenters. The zero-order chi connectivity index (χ0) is 20.5. The average molecular weight is 402 g/mol. The van der Waals surface area contributed by atoms with Crippen molar-refractivity contribution in [3.63, 3.8) is 0 Å². The van der Waals surface area contributed by atoms with Gasteiger partial charge < -0.3 is 16.4 Å². The Hall–Kier alpha value is -3.29. The number of para-hydroxylation sites is 1. The molecule has 0 radical (unpaired) electrons. The van der Waals surface area contributed by atoms with Crippen LogP contribution in [0.15, 0.2) is 54.6 Å². The van der Waals surface area contributed by atoms with Crippen LogP contribution < -0.4 is 16.4 Å². The van der Waals surface area contributed by atoms with Crippen molar-refractivity contribution in [1.82, 2.24) is 19.9 Å². The lowest BCUT2D eigenvalue weighted by molar-refractivity contribution is 0.623. The molecule has 2 aromatic heterocycles. The quantitative estimate of drug-likeness (QED) is 0.477. The number of halogens is 1. The third-order valence-corrected chi connectivity index (χ3v) is 5.49. The van der Waals surface area contributed by atoms with Crippen LogP contribution in [-0.2, 0) is 26.1 Å². The molecule has 0 spiro atoms. The molecular weight excluding hydrogens is 379 g/mol. The number of rotatable bonds is 5. The first kappa shape index (κ1) is 18.7. The predicted molar refractivity (Wildman–Crippen MR) is 116 cm³/mol. The van der Waals surface area contributed by atoms with Crippen molar-refractivity contribution in [2.75, 3.05) is 11.9 Å². The SMILES string of the molecule is NCc1cc2ccccc2n1-c1nc2c(c(NCc3ccc(F)cc3)n1)CNCC2. The predicted octanol–water partition coefficient (Wildman–Crippen LogP) is 3.28. The molecule has 0 amide bonds. The highest BCUT2D eigenvalue weighted by molar-refractivity contribution is 5.82. The Kier molecular flexibility index (Phi) is 4.90. The van der Waals surface area contributed by atoms with Crippen molar-refractivity contribution in [1.29, 1.82) is 0 Å². The standard InChI is InChI=1S/C23H23FN6/c24-17-7-5-15(6-8-17)13-27-22-19-14-26-10-9-20(19)28-23(29-22)30-18(12-25)11-16-3-1-2-4-21(16)30/h1-8,11,26H,9-10,12-14,25H2,(H,27,28,29). The number of anilines is 1. The van der Waals surface area contributed by atoms with Crippen LogP contribution in [0.5, 0.6) is 0 Å². The fourth-order valence-corrected chi connectivity index (χ4v) is 3.96. The van der Waals surface area contributed by atoms with Crippen molar-refractivity contribution in [3.8, 4) is 5.95 Å². The Bertz CT molecular complexity index is 1200. The first-order valence-electron chi connectivity index (χ1n) is 10.1. The maximum absolute atomic E-state index is 13.2. The van der Waals surface area contributed by atoms with Gasteiger partial charge in [0.15, 0.2) is 0 Å². The molecule has 2 aromatic carbocycles. The number of aromatic nitrogens is 3. The van der Waals surface area contributed by atoms with Gasteiger partial charge in [-0.2, -0.15) is 4.98 Å². The van der Waals surface area contributed by atoms with Crippen molar-refractivity contribution in [3.05, 3.63) is 82.9 Å². The second-order valence-electron chi connectivity index (χ2n) is 7.44. The first-order chi connectivity index (χ1) is 14.7. The Morgan fingerprint density at radius 2 is 1.93 bits per heavy atom. The van der Waals surface area contributed by atoms with Gasteiger partial charge in [0, 0.05) is 49.2 Å². The Labute approximate surface area is 174 Å². The van der Waals surface area contributed by atoms with Gasteiger partial charge in [0.2, 0.25) is 5.95 Å². The van der Waals surface area contributed by atoms with E-state index in [-0.39, 0.29) is 5.82 Å². The third kappa shape index (κ3) is 3.42. The molecule has 152 valence electrons. The van der Waals surface area contributed by atoms with Crippen LogP contribution in [0, 0.1) is 5.82 Å². The lowest BCUT2D eigenvalue weighted by Gasteiger charge is -2.21. The molecule has 0 saturated carbocycles. The molecule has 7 heteroatoms. The van der Waals surface area contributed by atoms with Crippen LogP contribution in [0.4, 0.5) is 10.2 Å². The van der Waals surface area contributed by atoms with E-state index in [1.165, 1.54) is 12.1 Å². The average Bonchev–Trinajstić information content (AvgIpc) is 3.17. The van der Waals surface area contributed by atoms with Crippen LogP contribution in [0.3, 0.4) is 0 Å². The van der Waals surface area contributed by atoms with Gasteiger partial charge in [-0.3, -0.25) is 4.57 Å². The number of nitrogens with zero attached hydrogens (tertiary/aromatic N) is 3. The van der Waals surface area contributed by atoms with Crippen molar-refractivity contribution < 1.29 is 4.39 Å². The summed E-state index contributed by atoms with van der Waals surface area (Å²) in [6.07, 6.45) is 0.841. The molecule has 3 heterocycles. The number of nitrogens with one attached hydrogen (secondary N) is 2. The van der Waals surface area contributed by atoms with Crippen LogP contribution >= 0.6 is 0 Å². The minimum atomic E-state index is -0.238. The summed E-state index contributed by atoms with van der Waals surface area (Å²) >= 11 is 0. The molecule has 30 heavy (non-hydrogen) atoms. The van der Waals surface area contributed by atoms with Gasteiger partial charge >= 0.3 is 0 Å². The van der Waals surface area contributed by atoms with Crippen LogP contribution in [0.1, 0.15) is 22.5 Å². The van der Waals surface area contributed by atoms with Gasteiger partial charge in [0.1, 0.15) is 11.6 Å². The summed E-state index contributed by atoms with van der Waals surface area (Å²) in [5.74, 6) is 1.18. The molecule has 4 N–H and O–H groups in total. The number of hydrogen-bond acceptors (Lipinski definition) is 5. The molecule has 0 bridgehead atoms. The topological polar surface area (TPSA) is 80.8 Å². The highest BCUT2D eigenvalue weighted by Gasteiger charge is 2.20. The lowest BCUT2D eigenvalue weighted by Crippen LogP contribution is -2.27. The van der Waals surface area contributed by atoms with Crippen molar-refractivity contribution in [2.45, 2.75) is 26.1 Å². The Morgan fingerprint density at radius 1 is 1.10 bits per heavy atom. The zero-order valence-corrected chi connectivity index (χ0v) is 16.5. The van der Waals surface area contributed by atoms with E-state index < -0.39 is 0 Å². The summed E-state index contributed by atoms with van der Waals surface area (Å²) in [7, 11) is 0. The van der Waals surface area contributed by atoms with E-state index in [0.29, 0.717) is 19.0 Å². The number of benzene rings is 2. The smallest absolute Gasteiger partial charge is 0.236 e. The van der Waals surface area contributed by atoms with Crippen molar-refractivity contribution in [2.24, 2.45) is 5.73 Å². The van der Waals surface area contributed by atoms with E-state index in [9.17, 15) is 4.39 Å². The van der Waals surface area contributed by atoms with Gasteiger partial charge in [-0.25, -0.2) is 9.37 Å². The molecule has 0 fully saturated rings. The molecule has 1 aliphatic heterocycles. The number of fused-ring (bicyclic) bond motifs is 2. The van der Waals surface area contributed by atoms with E-state index in [1.54, 1.807) is 12.1 Å². The van der Waals surface area contributed by atoms with Gasteiger partial charge in [-0.1, -0.05) is 30.3 Å². The molecule has 4 aromatic rings. The van der Waals surface area contributed by atoms with Crippen LogP contribution in [-0.4, -0.2) is 21.1 Å². The molecular formula is C23H23FN6. The van der Waals surface area contributed by atoms with Crippen molar-refractivity contribution >= 4 is 16.7 Å². The summed E-state index contributed by atoms with van der Waals surface area (Å²) in [5, 5.41) is 7.95. The summed E-state index contributed by atoms with van der Waals surface area (Å²) in [4.78, 5) is 9.80. The second-order valence-corrected chi connectivity index (χ2v) is 7.44. The van der Waals surface area contributed by atoms with Gasteiger partial charge in [-0.15, -0.1) is 0 Å². The van der Waals surface area contributed by atoms with Crippen LogP contribution in [0.25, 0.3) is 16.9 Å². The normalized spacial score (nSPS) is 13.4. The molecule has 5 rings (SSSR count). The summed E-state index contributed by atoms with van der Waals surface area (Å²) in [5.41, 5.74) is 11.2. The highest BCUT2D eigenvalue weighted by atomic mass is 19.1. The van der Waals surface area contributed by atoms with E-state index in [0.717, 1.165) is 58.7 Å². The second kappa shape index (κ2) is 7.85. The van der Waals surface area contributed by atoms with Crippen LogP contribution in [0.2, 0.25) is 0 Å². The number of nitrogens with two attached hydrogens (primary N) is 1. The highest BCUT2D eigenvalue weighted by Crippen LogP contribution is 2.27. The van der Waals surface area contributed by atoms with E-state index in [2.05, 4.69) is 28.8 Å². The van der Waals surface area contributed by atoms with Gasteiger partial charge in [0.25, 0.3) is 0 Å². The maximum Gasteiger partial charge on any atom is 0.236 e. The monoisotopic (exact) mass is 402 g/mol.